The Morgan fingerprint density at radius 3 is 2.55 bits per heavy atom. The fourth-order valence-corrected chi connectivity index (χ4v) is 4.42. The first-order valence-corrected chi connectivity index (χ1v) is 12.2. The van der Waals surface area contributed by atoms with Gasteiger partial charge in [-0.15, -0.1) is 0 Å². The molecule has 0 spiro atoms. The van der Waals surface area contributed by atoms with E-state index in [1.54, 1.807) is 37.3 Å². The van der Waals surface area contributed by atoms with Crippen LogP contribution in [0.5, 0.6) is 11.6 Å². The van der Waals surface area contributed by atoms with Crippen LogP contribution in [0.2, 0.25) is 0 Å². The number of aromatic nitrogens is 8. The van der Waals surface area contributed by atoms with Gasteiger partial charge in [0.2, 0.25) is 5.88 Å². The van der Waals surface area contributed by atoms with Crippen molar-refractivity contribution in [3.05, 3.63) is 48.3 Å². The molecule has 0 N–H and O–H groups in total. The highest BCUT2D eigenvalue weighted by Gasteiger charge is 2.33. The van der Waals surface area contributed by atoms with Crippen molar-refractivity contribution >= 4 is 5.82 Å². The first-order valence-electron chi connectivity index (χ1n) is 12.2. The van der Waals surface area contributed by atoms with Gasteiger partial charge in [0.15, 0.2) is 17.4 Å². The molecule has 0 radical (unpaired) electrons. The van der Waals surface area contributed by atoms with Crippen molar-refractivity contribution in [3.63, 3.8) is 0 Å². The Bertz CT molecular complexity index is 1480. The standard InChI is InChI=1S/C25H25F2N9O2/c1-25(26,27)17-11-35(2)22(33-17)15-8-28-18(29-9-15)12-36-6-7-38-16-10-30-21(34-23(16)36)19-20(14-4-5-14)31-13-32-24(19)37-3/h8-11,13-14H,4-7,12H2,1-3H3. The molecule has 0 amide bonds. The first kappa shape index (κ1) is 24.1. The molecule has 0 bridgehead atoms. The molecule has 38 heavy (non-hydrogen) atoms. The maximum atomic E-state index is 13.7. The SMILES string of the molecule is COc1ncnc(C2CC2)c1-c1ncc2c(n1)N(Cc1ncc(-c3nc(C(C)(F)F)cn3C)cn1)CCO2. The molecule has 1 aliphatic carbocycles. The molecule has 2 aliphatic rings. The highest BCUT2D eigenvalue weighted by molar-refractivity contribution is 5.68. The van der Waals surface area contributed by atoms with Crippen LogP contribution in [-0.2, 0) is 19.5 Å². The second kappa shape index (κ2) is 9.23. The van der Waals surface area contributed by atoms with E-state index in [-0.39, 0.29) is 5.69 Å². The van der Waals surface area contributed by atoms with E-state index < -0.39 is 5.92 Å². The van der Waals surface area contributed by atoms with Crippen molar-refractivity contribution in [1.29, 1.82) is 0 Å². The van der Waals surface area contributed by atoms with Gasteiger partial charge in [-0.05, 0) is 12.8 Å². The molecule has 4 aromatic rings. The Labute approximate surface area is 217 Å². The number of anilines is 1. The molecule has 0 aromatic carbocycles. The average molecular weight is 522 g/mol. The third kappa shape index (κ3) is 4.48. The largest absolute Gasteiger partial charge is 0.486 e. The van der Waals surface area contributed by atoms with Crippen LogP contribution in [-0.4, -0.2) is 59.7 Å². The summed E-state index contributed by atoms with van der Waals surface area (Å²) < 4.78 is 40.3. The predicted octanol–water partition coefficient (Wildman–Crippen LogP) is 3.52. The van der Waals surface area contributed by atoms with E-state index in [9.17, 15) is 8.78 Å². The molecule has 4 aromatic heterocycles. The summed E-state index contributed by atoms with van der Waals surface area (Å²) in [5, 5.41) is 0. The number of halogens is 2. The minimum Gasteiger partial charge on any atom is -0.486 e. The van der Waals surface area contributed by atoms with Crippen LogP contribution in [0.3, 0.4) is 0 Å². The fourth-order valence-electron chi connectivity index (χ4n) is 4.42. The van der Waals surface area contributed by atoms with Crippen molar-refractivity contribution in [2.45, 2.75) is 38.2 Å². The first-order chi connectivity index (χ1) is 18.3. The number of nitrogens with zero attached hydrogens (tertiary/aromatic N) is 9. The van der Waals surface area contributed by atoms with E-state index in [0.29, 0.717) is 71.7 Å². The van der Waals surface area contributed by atoms with Crippen molar-refractivity contribution in [3.8, 4) is 34.4 Å². The molecule has 196 valence electrons. The number of fused-ring (bicyclic) bond motifs is 1. The molecule has 13 heteroatoms. The third-order valence-electron chi connectivity index (χ3n) is 6.50. The van der Waals surface area contributed by atoms with E-state index in [1.807, 2.05) is 4.90 Å². The van der Waals surface area contributed by atoms with Gasteiger partial charge in [-0.3, -0.25) is 0 Å². The van der Waals surface area contributed by atoms with Gasteiger partial charge in [0, 0.05) is 38.5 Å². The summed E-state index contributed by atoms with van der Waals surface area (Å²) in [7, 11) is 3.23. The lowest BCUT2D eigenvalue weighted by Crippen LogP contribution is -2.34. The quantitative estimate of drug-likeness (QED) is 0.358. The predicted molar refractivity (Wildman–Crippen MR) is 132 cm³/mol. The number of imidazole rings is 1. The zero-order valence-electron chi connectivity index (χ0n) is 21.1. The van der Waals surface area contributed by atoms with E-state index in [0.717, 1.165) is 25.5 Å². The second-order valence-electron chi connectivity index (χ2n) is 9.41. The maximum absolute atomic E-state index is 13.7. The van der Waals surface area contributed by atoms with Gasteiger partial charge in [-0.2, -0.15) is 8.78 Å². The molecule has 0 saturated heterocycles. The molecular formula is C25H25F2N9O2. The Morgan fingerprint density at radius 1 is 1.08 bits per heavy atom. The summed E-state index contributed by atoms with van der Waals surface area (Å²) in [6.07, 6.45) is 9.75. The highest BCUT2D eigenvalue weighted by Crippen LogP contribution is 2.45. The highest BCUT2D eigenvalue weighted by atomic mass is 19.3. The van der Waals surface area contributed by atoms with Crippen molar-refractivity contribution in [2.75, 3.05) is 25.2 Å². The van der Waals surface area contributed by atoms with Gasteiger partial charge < -0.3 is 18.9 Å². The summed E-state index contributed by atoms with van der Waals surface area (Å²) in [5.74, 6) is 0.289. The van der Waals surface area contributed by atoms with Gasteiger partial charge in [0.05, 0.1) is 37.7 Å². The summed E-state index contributed by atoms with van der Waals surface area (Å²) in [5.41, 5.74) is 1.82. The lowest BCUT2D eigenvalue weighted by atomic mass is 10.1. The van der Waals surface area contributed by atoms with Crippen LogP contribution >= 0.6 is 0 Å². The van der Waals surface area contributed by atoms with Crippen LogP contribution in [0, 0.1) is 0 Å². The van der Waals surface area contributed by atoms with E-state index in [1.165, 1.54) is 12.5 Å². The van der Waals surface area contributed by atoms with Gasteiger partial charge in [0.25, 0.3) is 5.92 Å². The Morgan fingerprint density at radius 2 is 1.87 bits per heavy atom. The van der Waals surface area contributed by atoms with E-state index >= 15 is 0 Å². The fraction of sp³-hybridized carbons (Fsp3) is 0.400. The molecule has 0 atom stereocenters. The van der Waals surface area contributed by atoms with Gasteiger partial charge in [-0.1, -0.05) is 0 Å². The molecule has 0 unspecified atom stereocenters. The summed E-state index contributed by atoms with van der Waals surface area (Å²) in [6.45, 7) is 2.21. The normalized spacial score (nSPS) is 15.2. The third-order valence-corrected chi connectivity index (χ3v) is 6.50. The Balaban J connectivity index is 1.28. The minimum atomic E-state index is -3.03. The summed E-state index contributed by atoms with van der Waals surface area (Å²) in [6, 6.07) is 0. The van der Waals surface area contributed by atoms with Crippen LogP contribution in [0.15, 0.2) is 31.1 Å². The van der Waals surface area contributed by atoms with Crippen LogP contribution in [0.25, 0.3) is 22.8 Å². The van der Waals surface area contributed by atoms with Crippen molar-refractivity contribution < 1.29 is 18.3 Å². The van der Waals surface area contributed by atoms with Crippen LogP contribution in [0.1, 0.15) is 42.9 Å². The van der Waals surface area contributed by atoms with E-state index in [2.05, 4.69) is 29.9 Å². The molecule has 6 rings (SSSR count). The minimum absolute atomic E-state index is 0.301. The number of ether oxygens (including phenoxy) is 2. The molecule has 11 nitrogen and oxygen atoms in total. The van der Waals surface area contributed by atoms with Crippen molar-refractivity contribution in [1.82, 2.24) is 39.5 Å². The maximum Gasteiger partial charge on any atom is 0.288 e. The number of hydrogen-bond acceptors (Lipinski definition) is 10. The number of rotatable bonds is 7. The number of alkyl halides is 2. The lowest BCUT2D eigenvalue weighted by molar-refractivity contribution is 0.0131. The smallest absolute Gasteiger partial charge is 0.288 e. The number of aryl methyl sites for hydroxylation is 1. The van der Waals surface area contributed by atoms with Gasteiger partial charge >= 0.3 is 0 Å². The van der Waals surface area contributed by atoms with Gasteiger partial charge in [-0.25, -0.2) is 34.9 Å². The molecule has 1 fully saturated rings. The zero-order valence-corrected chi connectivity index (χ0v) is 21.1. The van der Waals surface area contributed by atoms with Crippen molar-refractivity contribution in [2.24, 2.45) is 7.05 Å². The number of methoxy groups -OCH3 is 1. The Hall–Kier alpha value is -4.29. The zero-order chi connectivity index (χ0) is 26.4. The molecule has 1 saturated carbocycles. The van der Waals surface area contributed by atoms with E-state index in [4.69, 9.17) is 14.5 Å². The Kier molecular flexibility index (Phi) is 5.84. The molecular weight excluding hydrogens is 496 g/mol. The summed E-state index contributed by atoms with van der Waals surface area (Å²) >= 11 is 0. The molecule has 1 aliphatic heterocycles. The average Bonchev–Trinajstić information content (AvgIpc) is 3.69. The molecule has 5 heterocycles. The number of hydrogen-bond donors (Lipinski definition) is 0. The summed E-state index contributed by atoms with van der Waals surface area (Å²) in [4.78, 5) is 33.2. The van der Waals surface area contributed by atoms with Gasteiger partial charge in [0.1, 0.15) is 35.8 Å². The van der Waals surface area contributed by atoms with Crippen LogP contribution < -0.4 is 14.4 Å². The second-order valence-corrected chi connectivity index (χ2v) is 9.41. The lowest BCUT2D eigenvalue weighted by Gasteiger charge is -2.29. The van der Waals surface area contributed by atoms with Crippen LogP contribution in [0.4, 0.5) is 14.6 Å². The topological polar surface area (TPSA) is 117 Å². The monoisotopic (exact) mass is 521 g/mol.